The van der Waals surface area contributed by atoms with E-state index in [1.165, 1.54) is 19.3 Å². The van der Waals surface area contributed by atoms with Crippen LogP contribution >= 0.6 is 0 Å². The molecule has 5 heteroatoms. The predicted molar refractivity (Wildman–Crippen MR) is 125 cm³/mol. The highest BCUT2D eigenvalue weighted by Gasteiger charge is 2.39. The lowest BCUT2D eigenvalue weighted by Crippen LogP contribution is -2.43. The van der Waals surface area contributed by atoms with Crippen molar-refractivity contribution < 1.29 is 14.0 Å². The Morgan fingerprint density at radius 2 is 1.72 bits per heavy atom. The minimum absolute atomic E-state index is 0.120. The summed E-state index contributed by atoms with van der Waals surface area (Å²) >= 11 is 0. The first-order valence-electron chi connectivity index (χ1n) is 11.1. The molecule has 0 unspecified atom stereocenters. The summed E-state index contributed by atoms with van der Waals surface area (Å²) in [5.41, 5.74) is 1.02. The zero-order valence-electron chi connectivity index (χ0n) is 20.0. The van der Waals surface area contributed by atoms with Crippen LogP contribution in [0.15, 0.2) is 18.2 Å². The number of methoxy groups -OCH3 is 1. The third kappa shape index (κ3) is 9.24. The molecular weight excluding hydrogens is 378 g/mol. The number of benzene rings is 1. The Morgan fingerprint density at radius 3 is 2.31 bits per heavy atom. The molecule has 0 saturated carbocycles. The van der Waals surface area contributed by atoms with Crippen LogP contribution in [0, 0.1) is 5.92 Å². The summed E-state index contributed by atoms with van der Waals surface area (Å²) in [7, 11) is -0.266. The molecule has 1 amide bonds. The van der Waals surface area contributed by atoms with Gasteiger partial charge in [0.1, 0.15) is 5.75 Å². The molecule has 4 nitrogen and oxygen atoms in total. The molecule has 1 rings (SSSR count). The minimum Gasteiger partial charge on any atom is -0.541 e. The van der Waals surface area contributed by atoms with Crippen LogP contribution in [-0.4, -0.2) is 21.3 Å². The van der Waals surface area contributed by atoms with E-state index in [1.807, 2.05) is 18.2 Å². The van der Waals surface area contributed by atoms with Crippen molar-refractivity contribution in [3.8, 4) is 11.5 Å². The van der Waals surface area contributed by atoms with Crippen LogP contribution in [0.4, 0.5) is 0 Å². The number of hydrogen-bond donors (Lipinski definition) is 1. The molecule has 0 radical (unpaired) electrons. The van der Waals surface area contributed by atoms with E-state index < -0.39 is 8.32 Å². The predicted octanol–water partition coefficient (Wildman–Crippen LogP) is 6.69. The number of carbonyl (C=O) groups excluding carboxylic acids is 1. The monoisotopic (exact) mass is 421 g/mol. The second-order valence-electron chi connectivity index (χ2n) is 9.97. The first-order valence-corrected chi connectivity index (χ1v) is 14.0. The second-order valence-corrected chi connectivity index (χ2v) is 14.7. The van der Waals surface area contributed by atoms with E-state index in [4.69, 9.17) is 9.16 Å². The van der Waals surface area contributed by atoms with Crippen molar-refractivity contribution >= 4 is 14.2 Å². The molecule has 0 saturated heterocycles. The standard InChI is InChI=1S/C24H43NO3Si/c1-19(2)13-11-9-10-12-14-23(26)25-18-20-15-16-21(22(17-20)27-6)28-29(7,8)24(3,4)5/h15-17,19H,9-14,18H2,1-8H3,(H,25,26). The lowest BCUT2D eigenvalue weighted by molar-refractivity contribution is -0.121. The number of ether oxygens (including phenoxy) is 1. The van der Waals surface area contributed by atoms with Gasteiger partial charge in [0.15, 0.2) is 5.75 Å². The SMILES string of the molecule is COc1cc(CNC(=O)CCCCCCC(C)C)ccc1O[Si](C)(C)C(C)(C)C. The van der Waals surface area contributed by atoms with Crippen LogP contribution < -0.4 is 14.5 Å². The molecule has 0 fully saturated rings. The second kappa shape index (κ2) is 11.6. The van der Waals surface area contributed by atoms with Crippen molar-refractivity contribution in [1.82, 2.24) is 5.32 Å². The Balaban J connectivity index is 2.50. The third-order valence-corrected chi connectivity index (χ3v) is 10.2. The van der Waals surface area contributed by atoms with Gasteiger partial charge in [-0.3, -0.25) is 4.79 Å². The fourth-order valence-electron chi connectivity index (χ4n) is 2.81. The summed E-state index contributed by atoms with van der Waals surface area (Å²) in [6.07, 6.45) is 6.47. The van der Waals surface area contributed by atoms with Gasteiger partial charge in [0.05, 0.1) is 7.11 Å². The Morgan fingerprint density at radius 1 is 1.07 bits per heavy atom. The fourth-order valence-corrected chi connectivity index (χ4v) is 3.84. The van der Waals surface area contributed by atoms with Crippen LogP contribution in [0.1, 0.15) is 78.7 Å². The van der Waals surface area contributed by atoms with Crippen molar-refractivity contribution in [2.45, 2.75) is 97.8 Å². The Kier molecular flexibility index (Phi) is 10.2. The molecule has 0 aliphatic rings. The van der Waals surface area contributed by atoms with Gasteiger partial charge in [0.2, 0.25) is 5.91 Å². The minimum atomic E-state index is -1.93. The number of rotatable bonds is 12. The van der Waals surface area contributed by atoms with Crippen LogP contribution in [-0.2, 0) is 11.3 Å². The van der Waals surface area contributed by atoms with E-state index in [0.717, 1.165) is 35.8 Å². The quantitative estimate of drug-likeness (QED) is 0.302. The van der Waals surface area contributed by atoms with Gasteiger partial charge < -0.3 is 14.5 Å². The van der Waals surface area contributed by atoms with Gasteiger partial charge in [-0.2, -0.15) is 0 Å². The molecule has 29 heavy (non-hydrogen) atoms. The Hall–Kier alpha value is -1.49. The molecule has 166 valence electrons. The van der Waals surface area contributed by atoms with Gasteiger partial charge in [-0.25, -0.2) is 0 Å². The van der Waals surface area contributed by atoms with E-state index in [1.54, 1.807) is 7.11 Å². The maximum absolute atomic E-state index is 12.1. The van der Waals surface area contributed by atoms with Crippen molar-refractivity contribution in [3.05, 3.63) is 23.8 Å². The number of nitrogens with one attached hydrogen (secondary N) is 1. The van der Waals surface area contributed by atoms with E-state index in [0.29, 0.717) is 13.0 Å². The number of unbranched alkanes of at least 4 members (excludes halogenated alkanes) is 3. The first kappa shape index (κ1) is 25.5. The normalized spacial score (nSPS) is 12.2. The number of amides is 1. The smallest absolute Gasteiger partial charge is 0.250 e. The molecule has 0 aliphatic carbocycles. The maximum Gasteiger partial charge on any atom is 0.250 e. The van der Waals surface area contributed by atoms with Gasteiger partial charge >= 0.3 is 0 Å². The first-order chi connectivity index (χ1) is 13.5. The number of carbonyl (C=O) groups is 1. The Labute approximate surface area is 179 Å². The lowest BCUT2D eigenvalue weighted by atomic mass is 10.0. The molecule has 1 aromatic rings. The zero-order valence-corrected chi connectivity index (χ0v) is 21.0. The van der Waals surface area contributed by atoms with Crippen molar-refractivity contribution in [2.24, 2.45) is 5.92 Å². The van der Waals surface area contributed by atoms with Crippen LogP contribution in [0.5, 0.6) is 11.5 Å². The average Bonchev–Trinajstić information content (AvgIpc) is 2.62. The van der Waals surface area contributed by atoms with E-state index >= 15 is 0 Å². The highest BCUT2D eigenvalue weighted by molar-refractivity contribution is 6.74. The van der Waals surface area contributed by atoms with Gasteiger partial charge in [0.25, 0.3) is 8.32 Å². The maximum atomic E-state index is 12.1. The highest BCUT2D eigenvalue weighted by atomic mass is 28.4. The largest absolute Gasteiger partial charge is 0.541 e. The highest BCUT2D eigenvalue weighted by Crippen LogP contribution is 2.40. The summed E-state index contributed by atoms with van der Waals surface area (Å²) in [6.45, 7) is 16.2. The van der Waals surface area contributed by atoms with Gasteiger partial charge in [-0.05, 0) is 48.2 Å². The topological polar surface area (TPSA) is 47.6 Å². The molecule has 0 bridgehead atoms. The molecule has 1 N–H and O–H groups in total. The van der Waals surface area contributed by atoms with E-state index in [9.17, 15) is 4.79 Å². The zero-order chi connectivity index (χ0) is 22.1. The Bertz CT molecular complexity index is 636. The van der Waals surface area contributed by atoms with E-state index in [2.05, 4.69) is 53.0 Å². The molecule has 0 aromatic heterocycles. The van der Waals surface area contributed by atoms with Crippen molar-refractivity contribution in [1.29, 1.82) is 0 Å². The summed E-state index contributed by atoms with van der Waals surface area (Å²) in [5.74, 6) is 2.41. The summed E-state index contributed by atoms with van der Waals surface area (Å²) < 4.78 is 12.0. The van der Waals surface area contributed by atoms with Gasteiger partial charge in [-0.15, -0.1) is 0 Å². The molecule has 0 aliphatic heterocycles. The molecule has 1 aromatic carbocycles. The van der Waals surface area contributed by atoms with Gasteiger partial charge in [0, 0.05) is 13.0 Å². The summed E-state index contributed by atoms with van der Waals surface area (Å²) in [6, 6.07) is 5.95. The summed E-state index contributed by atoms with van der Waals surface area (Å²) in [4.78, 5) is 12.1. The summed E-state index contributed by atoms with van der Waals surface area (Å²) in [5, 5.41) is 3.15. The molecule has 0 spiro atoms. The van der Waals surface area contributed by atoms with Gasteiger partial charge in [-0.1, -0.05) is 66.4 Å². The average molecular weight is 422 g/mol. The lowest BCUT2D eigenvalue weighted by Gasteiger charge is -2.36. The fraction of sp³-hybridized carbons (Fsp3) is 0.708. The third-order valence-electron chi connectivity index (χ3n) is 5.82. The van der Waals surface area contributed by atoms with Crippen molar-refractivity contribution in [3.63, 3.8) is 0 Å². The van der Waals surface area contributed by atoms with Crippen LogP contribution in [0.25, 0.3) is 0 Å². The van der Waals surface area contributed by atoms with Crippen LogP contribution in [0.3, 0.4) is 0 Å². The van der Waals surface area contributed by atoms with E-state index in [-0.39, 0.29) is 10.9 Å². The molecular formula is C24H43NO3Si. The number of hydrogen-bond acceptors (Lipinski definition) is 3. The molecule has 0 atom stereocenters. The van der Waals surface area contributed by atoms with Crippen LogP contribution in [0.2, 0.25) is 18.1 Å². The molecule has 0 heterocycles. The van der Waals surface area contributed by atoms with Crippen molar-refractivity contribution in [2.75, 3.05) is 7.11 Å².